The first-order chi connectivity index (χ1) is 16.0. The van der Waals surface area contributed by atoms with Crippen molar-refractivity contribution in [3.63, 3.8) is 0 Å². The van der Waals surface area contributed by atoms with Crippen LogP contribution in [0.3, 0.4) is 0 Å². The summed E-state index contributed by atoms with van der Waals surface area (Å²) in [5.41, 5.74) is 3.27. The van der Waals surface area contributed by atoms with E-state index in [1.54, 1.807) is 6.08 Å². The fraction of sp³-hybridized carbons (Fsp3) is 0.423. The van der Waals surface area contributed by atoms with Crippen molar-refractivity contribution in [3.05, 3.63) is 76.7 Å². The summed E-state index contributed by atoms with van der Waals surface area (Å²) in [5.74, 6) is -0.136. The maximum atomic E-state index is 12.8. The lowest BCUT2D eigenvalue weighted by molar-refractivity contribution is -0.126. The van der Waals surface area contributed by atoms with Crippen LogP contribution in [0.15, 0.2) is 60.0 Å². The van der Waals surface area contributed by atoms with Gasteiger partial charge in [0.25, 0.3) is 0 Å². The summed E-state index contributed by atoms with van der Waals surface area (Å²) in [5, 5.41) is 4.36. The van der Waals surface area contributed by atoms with E-state index in [0.29, 0.717) is 32.5 Å². The molecule has 6 nitrogen and oxygen atoms in total. The number of piperidine rings is 1. The van der Waals surface area contributed by atoms with Crippen molar-refractivity contribution >= 4 is 22.0 Å². The molecule has 0 unspecified atom stereocenters. The van der Waals surface area contributed by atoms with E-state index in [2.05, 4.69) is 28.4 Å². The van der Waals surface area contributed by atoms with E-state index in [1.165, 1.54) is 28.1 Å². The average molecular weight is 468 g/mol. The largest absolute Gasteiger partial charge is 0.352 e. The van der Waals surface area contributed by atoms with Gasteiger partial charge in [-0.05, 0) is 61.5 Å². The minimum absolute atomic E-state index is 0.0165. The highest BCUT2D eigenvalue weighted by atomic mass is 32.2. The van der Waals surface area contributed by atoms with Crippen LogP contribution in [0.5, 0.6) is 0 Å². The van der Waals surface area contributed by atoms with Gasteiger partial charge in [-0.15, -0.1) is 0 Å². The van der Waals surface area contributed by atoms with Crippen molar-refractivity contribution < 1.29 is 13.2 Å². The third-order valence-electron chi connectivity index (χ3n) is 6.58. The molecule has 7 heteroatoms. The lowest BCUT2D eigenvalue weighted by Crippen LogP contribution is -2.42. The van der Waals surface area contributed by atoms with Gasteiger partial charge in [-0.2, -0.15) is 4.31 Å². The number of nitrogens with one attached hydrogen (secondary N) is 1. The monoisotopic (exact) mass is 467 g/mol. The molecule has 1 N–H and O–H groups in total. The molecule has 2 aliphatic heterocycles. The minimum atomic E-state index is -3.49. The highest BCUT2D eigenvalue weighted by Gasteiger charge is 2.30. The molecule has 2 saturated heterocycles. The molecule has 0 saturated carbocycles. The SMILES string of the molecule is O=C(NCc1ccccc1CN1CCCC1)C1CCN(S(=O)(=O)/C=C/c2ccccc2)CC1. The lowest BCUT2D eigenvalue weighted by atomic mass is 9.97. The minimum Gasteiger partial charge on any atom is -0.352 e. The summed E-state index contributed by atoms with van der Waals surface area (Å²) in [4.78, 5) is 15.3. The van der Waals surface area contributed by atoms with Crippen LogP contribution >= 0.6 is 0 Å². The number of likely N-dealkylation sites (tertiary alicyclic amines) is 1. The molecule has 2 heterocycles. The number of sulfonamides is 1. The van der Waals surface area contributed by atoms with E-state index >= 15 is 0 Å². The van der Waals surface area contributed by atoms with Crippen LogP contribution in [0.1, 0.15) is 42.4 Å². The molecule has 0 aromatic heterocycles. The molecule has 4 rings (SSSR count). The molecule has 1 amide bonds. The van der Waals surface area contributed by atoms with Crippen molar-refractivity contribution in [3.8, 4) is 0 Å². The van der Waals surface area contributed by atoms with Crippen molar-refractivity contribution in [1.29, 1.82) is 0 Å². The molecule has 2 aromatic rings. The standard InChI is InChI=1S/C26H33N3O3S/c30-26(27-20-24-10-4-5-11-25(24)21-28-15-6-7-16-28)23-12-17-29(18-13-23)33(31,32)19-14-22-8-2-1-3-9-22/h1-5,8-11,14,19,23H,6-7,12-13,15-18,20-21H2,(H,27,30)/b19-14+. The number of hydrogen-bond acceptors (Lipinski definition) is 4. The Hall–Kier alpha value is -2.48. The van der Waals surface area contributed by atoms with Gasteiger partial charge in [0, 0.05) is 37.5 Å². The predicted octanol–water partition coefficient (Wildman–Crippen LogP) is 3.61. The molecule has 0 spiro atoms. The van der Waals surface area contributed by atoms with Gasteiger partial charge in [0.15, 0.2) is 0 Å². The molecule has 176 valence electrons. The van der Waals surface area contributed by atoms with Gasteiger partial charge in [-0.1, -0.05) is 54.6 Å². The lowest BCUT2D eigenvalue weighted by Gasteiger charge is -2.29. The van der Waals surface area contributed by atoms with Gasteiger partial charge in [0.2, 0.25) is 15.9 Å². The Bertz CT molecular complexity index is 1060. The van der Waals surface area contributed by atoms with Crippen LogP contribution in [-0.2, 0) is 27.9 Å². The Kier molecular flexibility index (Phi) is 7.96. The van der Waals surface area contributed by atoms with E-state index in [1.807, 2.05) is 36.4 Å². The van der Waals surface area contributed by atoms with E-state index in [-0.39, 0.29) is 11.8 Å². The van der Waals surface area contributed by atoms with Gasteiger partial charge in [-0.3, -0.25) is 9.69 Å². The Balaban J connectivity index is 1.27. The van der Waals surface area contributed by atoms with Gasteiger partial charge in [0.05, 0.1) is 0 Å². The van der Waals surface area contributed by atoms with E-state index in [4.69, 9.17) is 0 Å². The molecule has 0 bridgehead atoms. The quantitative estimate of drug-likeness (QED) is 0.644. The molecule has 0 aliphatic carbocycles. The number of carbonyl (C=O) groups excluding carboxylic acids is 1. The molecule has 33 heavy (non-hydrogen) atoms. The van der Waals surface area contributed by atoms with Gasteiger partial charge < -0.3 is 5.32 Å². The zero-order valence-electron chi connectivity index (χ0n) is 19.0. The van der Waals surface area contributed by atoms with Crippen LogP contribution in [0, 0.1) is 5.92 Å². The molecule has 0 atom stereocenters. The number of carbonyl (C=O) groups is 1. The summed E-state index contributed by atoms with van der Waals surface area (Å²) < 4.78 is 26.8. The van der Waals surface area contributed by atoms with Crippen LogP contribution in [-0.4, -0.2) is 49.7 Å². The Morgan fingerprint density at radius 1 is 0.909 bits per heavy atom. The fourth-order valence-electron chi connectivity index (χ4n) is 4.58. The topological polar surface area (TPSA) is 69.7 Å². The maximum absolute atomic E-state index is 12.8. The van der Waals surface area contributed by atoms with Crippen molar-refractivity contribution in [2.24, 2.45) is 5.92 Å². The second kappa shape index (κ2) is 11.1. The van der Waals surface area contributed by atoms with Crippen LogP contribution in [0.2, 0.25) is 0 Å². The second-order valence-corrected chi connectivity index (χ2v) is 10.7. The highest BCUT2D eigenvalue weighted by molar-refractivity contribution is 7.92. The van der Waals surface area contributed by atoms with E-state index in [0.717, 1.165) is 30.8 Å². The van der Waals surface area contributed by atoms with Crippen molar-refractivity contribution in [2.75, 3.05) is 26.2 Å². The molecule has 2 aliphatic rings. The molecule has 2 fully saturated rings. The van der Waals surface area contributed by atoms with Gasteiger partial charge >= 0.3 is 0 Å². The molecule has 2 aromatic carbocycles. The van der Waals surface area contributed by atoms with Crippen LogP contribution < -0.4 is 5.32 Å². The Labute approximate surface area is 197 Å². The number of benzene rings is 2. The third kappa shape index (κ3) is 6.53. The zero-order valence-corrected chi connectivity index (χ0v) is 19.8. The smallest absolute Gasteiger partial charge is 0.236 e. The van der Waals surface area contributed by atoms with Gasteiger partial charge in [0.1, 0.15) is 0 Å². The zero-order chi connectivity index (χ0) is 23.1. The van der Waals surface area contributed by atoms with Crippen molar-refractivity contribution in [2.45, 2.75) is 38.8 Å². The molecular formula is C26H33N3O3S. The molecular weight excluding hydrogens is 434 g/mol. The first-order valence-corrected chi connectivity index (χ1v) is 13.3. The number of rotatable bonds is 8. The Morgan fingerprint density at radius 3 is 2.24 bits per heavy atom. The predicted molar refractivity (Wildman–Crippen MR) is 131 cm³/mol. The number of nitrogens with zero attached hydrogens (tertiary/aromatic N) is 2. The number of amides is 1. The highest BCUT2D eigenvalue weighted by Crippen LogP contribution is 2.22. The maximum Gasteiger partial charge on any atom is 0.236 e. The second-order valence-electron chi connectivity index (χ2n) is 8.90. The van der Waals surface area contributed by atoms with E-state index in [9.17, 15) is 13.2 Å². The summed E-state index contributed by atoms with van der Waals surface area (Å²) in [6, 6.07) is 17.7. The summed E-state index contributed by atoms with van der Waals surface area (Å²) in [6.07, 6.45) is 5.22. The Morgan fingerprint density at radius 2 is 1.55 bits per heavy atom. The summed E-state index contributed by atoms with van der Waals surface area (Å²) >= 11 is 0. The van der Waals surface area contributed by atoms with Crippen LogP contribution in [0.4, 0.5) is 0 Å². The van der Waals surface area contributed by atoms with Gasteiger partial charge in [-0.25, -0.2) is 8.42 Å². The van der Waals surface area contributed by atoms with Crippen LogP contribution in [0.25, 0.3) is 6.08 Å². The van der Waals surface area contributed by atoms with E-state index < -0.39 is 10.0 Å². The summed E-state index contributed by atoms with van der Waals surface area (Å²) in [6.45, 7) is 4.46. The average Bonchev–Trinajstić information content (AvgIpc) is 3.36. The third-order valence-corrected chi connectivity index (χ3v) is 8.15. The first-order valence-electron chi connectivity index (χ1n) is 11.8. The van der Waals surface area contributed by atoms with Crippen molar-refractivity contribution in [1.82, 2.24) is 14.5 Å². The summed E-state index contributed by atoms with van der Waals surface area (Å²) in [7, 11) is -3.49. The normalized spacial score (nSPS) is 18.7. The molecule has 0 radical (unpaired) electrons. The fourth-order valence-corrected chi connectivity index (χ4v) is 5.80. The first kappa shape index (κ1) is 23.7. The number of hydrogen-bond donors (Lipinski definition) is 1.